The third kappa shape index (κ3) is 3.93. The Bertz CT molecular complexity index is 714. The first-order valence-corrected chi connectivity index (χ1v) is 7.58. The van der Waals surface area contributed by atoms with E-state index in [0.29, 0.717) is 15.7 Å². The molecule has 0 aliphatic rings. The van der Waals surface area contributed by atoms with Crippen LogP contribution in [0.15, 0.2) is 30.3 Å². The summed E-state index contributed by atoms with van der Waals surface area (Å²) in [5.41, 5.74) is 3.68. The number of hydrogen-bond donors (Lipinski definition) is 1. The van der Waals surface area contributed by atoms with Crippen molar-refractivity contribution in [3.05, 3.63) is 57.1 Å². The third-order valence-electron chi connectivity index (χ3n) is 3.43. The molecule has 0 heterocycles. The van der Waals surface area contributed by atoms with Crippen LogP contribution < -0.4 is 10.1 Å². The molecule has 22 heavy (non-hydrogen) atoms. The fraction of sp³-hybridized carbons (Fsp3) is 0.235. The Hall–Kier alpha value is -1.71. The predicted octanol–water partition coefficient (Wildman–Crippen LogP) is 4.94. The van der Waals surface area contributed by atoms with Crippen LogP contribution in [0.5, 0.6) is 5.75 Å². The number of aryl methyl sites for hydroxylation is 2. The summed E-state index contributed by atoms with van der Waals surface area (Å²) in [5.74, 6) is 0.474. The average Bonchev–Trinajstić information content (AvgIpc) is 2.46. The van der Waals surface area contributed by atoms with Gasteiger partial charge in [0.2, 0.25) is 0 Å². The lowest BCUT2D eigenvalue weighted by Crippen LogP contribution is -2.21. The molecule has 116 valence electrons. The van der Waals surface area contributed by atoms with Crippen molar-refractivity contribution in [3.8, 4) is 5.75 Å². The number of nitrogens with one attached hydrogen (secondary N) is 1. The molecule has 1 amide bonds. The number of anilines is 1. The van der Waals surface area contributed by atoms with Gasteiger partial charge in [0.05, 0.1) is 10.7 Å². The number of ether oxygens (including phenoxy) is 1. The minimum Gasteiger partial charge on any atom is -0.483 e. The van der Waals surface area contributed by atoms with Crippen LogP contribution in [-0.4, -0.2) is 12.5 Å². The Morgan fingerprint density at radius 1 is 1.09 bits per heavy atom. The van der Waals surface area contributed by atoms with Crippen LogP contribution in [0.25, 0.3) is 0 Å². The molecule has 0 fully saturated rings. The maximum Gasteiger partial charge on any atom is 0.262 e. The van der Waals surface area contributed by atoms with Crippen LogP contribution in [0, 0.1) is 20.8 Å². The van der Waals surface area contributed by atoms with Gasteiger partial charge in [-0.25, -0.2) is 0 Å². The highest BCUT2D eigenvalue weighted by Crippen LogP contribution is 2.27. The lowest BCUT2D eigenvalue weighted by molar-refractivity contribution is -0.118. The molecular formula is C17H17Cl2NO2. The summed E-state index contributed by atoms with van der Waals surface area (Å²) in [6, 6.07) is 8.91. The van der Waals surface area contributed by atoms with Gasteiger partial charge in [-0.05, 0) is 55.7 Å². The quantitative estimate of drug-likeness (QED) is 0.858. The van der Waals surface area contributed by atoms with Crippen LogP contribution in [-0.2, 0) is 4.79 Å². The highest BCUT2D eigenvalue weighted by atomic mass is 35.5. The summed E-state index contributed by atoms with van der Waals surface area (Å²) in [6.45, 7) is 5.86. The Morgan fingerprint density at radius 3 is 2.45 bits per heavy atom. The van der Waals surface area contributed by atoms with Crippen molar-refractivity contribution in [1.29, 1.82) is 0 Å². The topological polar surface area (TPSA) is 38.3 Å². The van der Waals surface area contributed by atoms with Crippen molar-refractivity contribution in [2.45, 2.75) is 20.8 Å². The minimum atomic E-state index is -0.274. The van der Waals surface area contributed by atoms with Crippen LogP contribution in [0.1, 0.15) is 16.7 Å². The molecule has 5 heteroatoms. The summed E-state index contributed by atoms with van der Waals surface area (Å²) in [5, 5.41) is 3.62. The molecule has 0 saturated heterocycles. The van der Waals surface area contributed by atoms with Gasteiger partial charge >= 0.3 is 0 Å². The molecule has 0 aliphatic heterocycles. The number of hydrogen-bond acceptors (Lipinski definition) is 2. The van der Waals surface area contributed by atoms with Crippen molar-refractivity contribution >= 4 is 34.8 Å². The molecular weight excluding hydrogens is 321 g/mol. The Kier molecular flexibility index (Phi) is 5.33. The number of carbonyl (C=O) groups is 1. The molecule has 0 aromatic heterocycles. The fourth-order valence-corrected chi connectivity index (χ4v) is 2.52. The normalized spacial score (nSPS) is 10.4. The molecule has 0 bridgehead atoms. The average molecular weight is 338 g/mol. The van der Waals surface area contributed by atoms with Gasteiger partial charge in [-0.1, -0.05) is 35.3 Å². The first kappa shape index (κ1) is 16.7. The van der Waals surface area contributed by atoms with E-state index in [1.807, 2.05) is 32.9 Å². The van der Waals surface area contributed by atoms with Gasteiger partial charge in [-0.15, -0.1) is 0 Å². The molecule has 0 unspecified atom stereocenters. The summed E-state index contributed by atoms with van der Waals surface area (Å²) in [6.07, 6.45) is 0. The molecule has 0 spiro atoms. The van der Waals surface area contributed by atoms with Crippen molar-refractivity contribution < 1.29 is 9.53 Å². The fourth-order valence-electron chi connectivity index (χ4n) is 2.06. The molecule has 0 radical (unpaired) electrons. The maximum absolute atomic E-state index is 12.0. The molecule has 3 nitrogen and oxygen atoms in total. The summed E-state index contributed by atoms with van der Waals surface area (Å²) < 4.78 is 5.66. The van der Waals surface area contributed by atoms with Gasteiger partial charge in [0.1, 0.15) is 5.75 Å². The predicted molar refractivity (Wildman–Crippen MR) is 91.2 cm³/mol. The van der Waals surface area contributed by atoms with Crippen molar-refractivity contribution in [1.82, 2.24) is 0 Å². The van der Waals surface area contributed by atoms with Crippen LogP contribution in [0.2, 0.25) is 10.0 Å². The van der Waals surface area contributed by atoms with Crippen LogP contribution >= 0.6 is 23.2 Å². The highest BCUT2D eigenvalue weighted by Gasteiger charge is 2.11. The number of carbonyl (C=O) groups excluding carboxylic acids is 1. The standard InChI is InChI=1S/C17H17Cl2NO2/c1-10-4-5-11(2)17(12(10)3)22-9-16(21)20-15-7-6-13(18)8-14(15)19/h4-8H,9H2,1-3H3,(H,20,21). The molecule has 0 atom stereocenters. The van der Waals surface area contributed by atoms with Gasteiger partial charge in [0, 0.05) is 5.02 Å². The van der Waals surface area contributed by atoms with Crippen molar-refractivity contribution in [2.24, 2.45) is 0 Å². The Balaban J connectivity index is 2.03. The van der Waals surface area contributed by atoms with Gasteiger partial charge in [-0.3, -0.25) is 4.79 Å². The van der Waals surface area contributed by atoms with E-state index in [4.69, 9.17) is 27.9 Å². The SMILES string of the molecule is Cc1ccc(C)c(OCC(=O)Nc2ccc(Cl)cc2Cl)c1C. The largest absolute Gasteiger partial charge is 0.483 e. The molecule has 0 saturated carbocycles. The second-order valence-corrected chi connectivity index (χ2v) is 5.96. The van der Waals surface area contributed by atoms with E-state index >= 15 is 0 Å². The van der Waals surface area contributed by atoms with E-state index in [0.717, 1.165) is 22.4 Å². The Labute approximate surface area is 140 Å². The molecule has 2 aromatic rings. The van der Waals surface area contributed by atoms with E-state index in [1.165, 1.54) is 0 Å². The van der Waals surface area contributed by atoms with E-state index in [-0.39, 0.29) is 12.5 Å². The highest BCUT2D eigenvalue weighted by molar-refractivity contribution is 6.36. The lowest BCUT2D eigenvalue weighted by atomic mass is 10.1. The van der Waals surface area contributed by atoms with Gasteiger partial charge in [-0.2, -0.15) is 0 Å². The summed E-state index contributed by atoms with van der Waals surface area (Å²) in [4.78, 5) is 12.0. The zero-order chi connectivity index (χ0) is 16.3. The van der Waals surface area contributed by atoms with Crippen molar-refractivity contribution in [3.63, 3.8) is 0 Å². The zero-order valence-electron chi connectivity index (χ0n) is 12.7. The Morgan fingerprint density at radius 2 is 1.77 bits per heavy atom. The monoisotopic (exact) mass is 337 g/mol. The number of amides is 1. The third-order valence-corrected chi connectivity index (χ3v) is 3.97. The van der Waals surface area contributed by atoms with Crippen molar-refractivity contribution in [2.75, 3.05) is 11.9 Å². The summed E-state index contributed by atoms with van der Waals surface area (Å²) >= 11 is 11.8. The van der Waals surface area contributed by atoms with Gasteiger partial charge < -0.3 is 10.1 Å². The van der Waals surface area contributed by atoms with E-state index < -0.39 is 0 Å². The second-order valence-electron chi connectivity index (χ2n) is 5.11. The first-order valence-electron chi connectivity index (χ1n) is 6.83. The number of halogens is 2. The van der Waals surface area contributed by atoms with Crippen LogP contribution in [0.4, 0.5) is 5.69 Å². The van der Waals surface area contributed by atoms with Gasteiger partial charge in [0.25, 0.3) is 5.91 Å². The van der Waals surface area contributed by atoms with Crippen LogP contribution in [0.3, 0.4) is 0 Å². The summed E-state index contributed by atoms with van der Waals surface area (Å²) in [7, 11) is 0. The molecule has 2 aromatic carbocycles. The number of rotatable bonds is 4. The first-order chi connectivity index (χ1) is 10.4. The second kappa shape index (κ2) is 7.03. The molecule has 0 aliphatic carbocycles. The molecule has 1 N–H and O–H groups in total. The zero-order valence-corrected chi connectivity index (χ0v) is 14.2. The smallest absolute Gasteiger partial charge is 0.262 e. The molecule has 2 rings (SSSR count). The van der Waals surface area contributed by atoms with E-state index in [1.54, 1.807) is 18.2 Å². The van der Waals surface area contributed by atoms with E-state index in [9.17, 15) is 4.79 Å². The maximum atomic E-state index is 12.0. The van der Waals surface area contributed by atoms with Gasteiger partial charge in [0.15, 0.2) is 6.61 Å². The lowest BCUT2D eigenvalue weighted by Gasteiger charge is -2.14. The minimum absolute atomic E-state index is 0.0793. The van der Waals surface area contributed by atoms with E-state index in [2.05, 4.69) is 5.32 Å². The number of benzene rings is 2.